The number of halogens is 2. The van der Waals surface area contributed by atoms with Crippen LogP contribution in [0.15, 0.2) is 47.3 Å². The van der Waals surface area contributed by atoms with Gasteiger partial charge in [0.25, 0.3) is 11.5 Å². The minimum absolute atomic E-state index is 0.0239. The number of hydrogen-bond donors (Lipinski definition) is 2. The van der Waals surface area contributed by atoms with Crippen LogP contribution >= 0.6 is 11.6 Å². The van der Waals surface area contributed by atoms with Gasteiger partial charge in [0.2, 0.25) is 0 Å². The molecule has 0 fully saturated rings. The van der Waals surface area contributed by atoms with E-state index in [9.17, 15) is 18.8 Å². The molecule has 7 nitrogen and oxygen atoms in total. The molecule has 1 heterocycles. The number of anilines is 1. The second-order valence-electron chi connectivity index (χ2n) is 5.97. The summed E-state index contributed by atoms with van der Waals surface area (Å²) in [6, 6.07) is 10.2. The van der Waals surface area contributed by atoms with E-state index in [1.165, 1.54) is 13.0 Å². The van der Waals surface area contributed by atoms with Crippen LogP contribution in [0.2, 0.25) is 5.02 Å². The van der Waals surface area contributed by atoms with Crippen LogP contribution in [0.25, 0.3) is 10.8 Å². The normalized spacial score (nSPS) is 11.8. The summed E-state index contributed by atoms with van der Waals surface area (Å²) in [4.78, 5) is 36.2. The van der Waals surface area contributed by atoms with E-state index in [0.717, 1.165) is 12.1 Å². The van der Waals surface area contributed by atoms with Crippen molar-refractivity contribution in [2.45, 2.75) is 19.4 Å². The average molecular weight is 404 g/mol. The zero-order valence-electron chi connectivity index (χ0n) is 14.7. The number of rotatable bonds is 5. The van der Waals surface area contributed by atoms with E-state index in [-0.39, 0.29) is 22.7 Å². The standard InChI is InChI=1S/C19H15ClFN3O4/c1-10(18(26)22-15-7-6-11(21)8-14(15)20)28-17(25)9-16-12-4-2-3-5-13(12)19(27)24-23-16/h2-8,10H,9H2,1H3,(H,22,26)(H,24,27)/t10-/m1/s1. The zero-order chi connectivity index (χ0) is 20.3. The fourth-order valence-corrected chi connectivity index (χ4v) is 2.77. The van der Waals surface area contributed by atoms with E-state index >= 15 is 0 Å². The van der Waals surface area contributed by atoms with Crippen molar-refractivity contribution < 1.29 is 18.7 Å². The number of nitrogens with one attached hydrogen (secondary N) is 2. The van der Waals surface area contributed by atoms with Gasteiger partial charge in [-0.25, -0.2) is 9.49 Å². The second kappa shape index (κ2) is 8.18. The van der Waals surface area contributed by atoms with Gasteiger partial charge in [-0.2, -0.15) is 5.10 Å². The number of esters is 1. The molecule has 144 valence electrons. The number of H-pyrrole nitrogens is 1. The molecule has 0 bridgehead atoms. The molecule has 1 atom stereocenters. The Bertz CT molecular complexity index is 1120. The van der Waals surface area contributed by atoms with Gasteiger partial charge >= 0.3 is 5.97 Å². The third-order valence-electron chi connectivity index (χ3n) is 3.95. The van der Waals surface area contributed by atoms with Crippen molar-refractivity contribution in [3.8, 4) is 0 Å². The lowest BCUT2D eigenvalue weighted by molar-refractivity contribution is -0.152. The van der Waals surface area contributed by atoms with Gasteiger partial charge in [-0.3, -0.25) is 14.4 Å². The lowest BCUT2D eigenvalue weighted by atomic mass is 10.1. The average Bonchev–Trinajstić information content (AvgIpc) is 2.66. The predicted octanol–water partition coefficient (Wildman–Crippen LogP) is 2.83. The summed E-state index contributed by atoms with van der Waals surface area (Å²) in [6.45, 7) is 1.39. The topological polar surface area (TPSA) is 101 Å². The van der Waals surface area contributed by atoms with E-state index in [4.69, 9.17) is 16.3 Å². The molecule has 2 N–H and O–H groups in total. The Hall–Kier alpha value is -3.26. The highest BCUT2D eigenvalue weighted by Crippen LogP contribution is 2.22. The molecule has 0 aliphatic carbocycles. The van der Waals surface area contributed by atoms with Gasteiger partial charge in [0.05, 0.1) is 28.2 Å². The molecule has 2 aromatic carbocycles. The van der Waals surface area contributed by atoms with Crippen LogP contribution in [0, 0.1) is 5.82 Å². The number of ether oxygens (including phenoxy) is 1. The molecule has 0 saturated carbocycles. The lowest BCUT2D eigenvalue weighted by Gasteiger charge is -2.14. The molecule has 0 aliphatic rings. The summed E-state index contributed by atoms with van der Waals surface area (Å²) in [5.41, 5.74) is 0.162. The highest BCUT2D eigenvalue weighted by molar-refractivity contribution is 6.33. The first-order chi connectivity index (χ1) is 13.3. The maximum absolute atomic E-state index is 13.1. The van der Waals surface area contributed by atoms with Crippen LogP contribution in [0.1, 0.15) is 12.6 Å². The number of carbonyl (C=O) groups excluding carboxylic acids is 2. The number of benzene rings is 2. The fraction of sp³-hybridized carbons (Fsp3) is 0.158. The Kier molecular flexibility index (Phi) is 5.70. The molecule has 1 amide bonds. The largest absolute Gasteiger partial charge is 0.452 e. The summed E-state index contributed by atoms with van der Waals surface area (Å²) in [6.07, 6.45) is -1.35. The third kappa shape index (κ3) is 4.34. The van der Waals surface area contributed by atoms with Gasteiger partial charge < -0.3 is 10.1 Å². The Labute approximate surface area is 163 Å². The number of amides is 1. The van der Waals surface area contributed by atoms with Crippen LogP contribution < -0.4 is 10.9 Å². The molecule has 1 aromatic heterocycles. The monoisotopic (exact) mass is 403 g/mol. The Balaban J connectivity index is 1.67. The van der Waals surface area contributed by atoms with Gasteiger partial charge in [-0.15, -0.1) is 0 Å². The fourth-order valence-electron chi connectivity index (χ4n) is 2.56. The molecule has 9 heteroatoms. The molecular weight excluding hydrogens is 389 g/mol. The second-order valence-corrected chi connectivity index (χ2v) is 6.37. The van der Waals surface area contributed by atoms with Gasteiger partial charge in [0.15, 0.2) is 6.10 Å². The van der Waals surface area contributed by atoms with Crippen molar-refractivity contribution in [1.82, 2.24) is 10.2 Å². The molecule has 28 heavy (non-hydrogen) atoms. The van der Waals surface area contributed by atoms with Crippen LogP contribution in [-0.2, 0) is 20.7 Å². The Morgan fingerprint density at radius 3 is 2.68 bits per heavy atom. The van der Waals surface area contributed by atoms with Crippen molar-refractivity contribution in [1.29, 1.82) is 0 Å². The number of aromatic amines is 1. The third-order valence-corrected chi connectivity index (χ3v) is 4.27. The first-order valence-corrected chi connectivity index (χ1v) is 8.64. The summed E-state index contributed by atoms with van der Waals surface area (Å²) in [5.74, 6) is -1.86. The van der Waals surface area contributed by atoms with E-state index < -0.39 is 23.8 Å². The van der Waals surface area contributed by atoms with Crippen molar-refractivity contribution in [2.24, 2.45) is 0 Å². The molecule has 0 aliphatic heterocycles. The summed E-state index contributed by atoms with van der Waals surface area (Å²) in [5, 5.41) is 9.64. The highest BCUT2D eigenvalue weighted by atomic mass is 35.5. The summed E-state index contributed by atoms with van der Waals surface area (Å²) in [7, 11) is 0. The van der Waals surface area contributed by atoms with Gasteiger partial charge in [0.1, 0.15) is 5.82 Å². The molecule has 0 spiro atoms. The minimum Gasteiger partial charge on any atom is -0.452 e. The van der Waals surface area contributed by atoms with Crippen LogP contribution in [-0.4, -0.2) is 28.2 Å². The van der Waals surface area contributed by atoms with Crippen molar-refractivity contribution in [2.75, 3.05) is 5.32 Å². The lowest BCUT2D eigenvalue weighted by Crippen LogP contribution is -2.30. The SMILES string of the molecule is C[C@@H](OC(=O)Cc1n[nH]c(=O)c2ccccc12)C(=O)Nc1ccc(F)cc1Cl. The molecule has 0 saturated heterocycles. The number of hydrogen-bond acceptors (Lipinski definition) is 5. The van der Waals surface area contributed by atoms with Gasteiger partial charge in [0, 0.05) is 5.39 Å². The smallest absolute Gasteiger partial charge is 0.312 e. The molecule has 0 radical (unpaired) electrons. The first kappa shape index (κ1) is 19.5. The maximum atomic E-state index is 13.1. The number of aromatic nitrogens is 2. The molecule has 0 unspecified atom stereocenters. The maximum Gasteiger partial charge on any atom is 0.312 e. The Morgan fingerprint density at radius 1 is 1.25 bits per heavy atom. The quantitative estimate of drug-likeness (QED) is 0.638. The van der Waals surface area contributed by atoms with Gasteiger partial charge in [-0.05, 0) is 31.2 Å². The predicted molar refractivity (Wildman–Crippen MR) is 102 cm³/mol. The van der Waals surface area contributed by atoms with Crippen LogP contribution in [0.4, 0.5) is 10.1 Å². The summed E-state index contributed by atoms with van der Waals surface area (Å²) >= 11 is 5.86. The van der Waals surface area contributed by atoms with Gasteiger partial charge in [-0.1, -0.05) is 29.8 Å². The Morgan fingerprint density at radius 2 is 1.96 bits per heavy atom. The summed E-state index contributed by atoms with van der Waals surface area (Å²) < 4.78 is 18.2. The van der Waals surface area contributed by atoms with Crippen LogP contribution in [0.5, 0.6) is 0 Å². The zero-order valence-corrected chi connectivity index (χ0v) is 15.4. The van der Waals surface area contributed by atoms with Crippen molar-refractivity contribution >= 4 is 39.9 Å². The number of fused-ring (bicyclic) bond motifs is 1. The number of carbonyl (C=O) groups is 2. The first-order valence-electron chi connectivity index (χ1n) is 8.27. The van der Waals surface area contributed by atoms with Crippen molar-refractivity contribution in [3.63, 3.8) is 0 Å². The van der Waals surface area contributed by atoms with E-state index in [1.807, 2.05) is 0 Å². The van der Waals surface area contributed by atoms with E-state index in [0.29, 0.717) is 16.5 Å². The molecule has 3 aromatic rings. The van der Waals surface area contributed by atoms with E-state index in [2.05, 4.69) is 15.5 Å². The molecule has 3 rings (SSSR count). The minimum atomic E-state index is -1.12. The van der Waals surface area contributed by atoms with E-state index in [1.54, 1.807) is 24.3 Å². The highest BCUT2D eigenvalue weighted by Gasteiger charge is 2.20. The molecular formula is C19H15ClFN3O4. The number of nitrogens with zero attached hydrogens (tertiary/aromatic N) is 1. The van der Waals surface area contributed by atoms with Crippen molar-refractivity contribution in [3.05, 3.63) is 69.4 Å². The van der Waals surface area contributed by atoms with Crippen LogP contribution in [0.3, 0.4) is 0 Å².